The third-order valence-electron chi connectivity index (χ3n) is 3.25. The number of carboxylic acid groups (broad SMARTS) is 1. The second-order valence-electron chi connectivity index (χ2n) is 5.98. The van der Waals surface area contributed by atoms with E-state index in [1.54, 1.807) is 7.05 Å². The minimum atomic E-state index is -1.43. The maximum absolute atomic E-state index is 11.7. The zero-order valence-corrected chi connectivity index (χ0v) is 13.3. The first-order valence-corrected chi connectivity index (χ1v) is 8.91. The maximum Gasteiger partial charge on any atom is 0.336 e. The van der Waals surface area contributed by atoms with E-state index in [0.29, 0.717) is 6.54 Å². The molecule has 4 nitrogen and oxygen atoms in total. The molecule has 0 aromatic carbocycles. The van der Waals surface area contributed by atoms with Crippen LogP contribution in [0.2, 0.25) is 13.1 Å². The van der Waals surface area contributed by atoms with Gasteiger partial charge in [-0.1, -0.05) is 27.7 Å². The number of hydrogen-bond acceptors (Lipinski definition) is 3. The van der Waals surface area contributed by atoms with Crippen molar-refractivity contribution in [3.05, 3.63) is 0 Å². The Hall–Kier alpha value is -0.393. The van der Waals surface area contributed by atoms with Crippen LogP contribution in [0.25, 0.3) is 0 Å². The predicted octanol–water partition coefficient (Wildman–Crippen LogP) is 1.71. The largest absolute Gasteiger partial charge is 0.479 e. The van der Waals surface area contributed by atoms with Gasteiger partial charge < -0.3 is 14.8 Å². The van der Waals surface area contributed by atoms with Crippen molar-refractivity contribution in [2.75, 3.05) is 13.6 Å². The minimum Gasteiger partial charge on any atom is -0.479 e. The van der Waals surface area contributed by atoms with E-state index in [2.05, 4.69) is 26.1 Å². The summed E-state index contributed by atoms with van der Waals surface area (Å²) in [5.41, 5.74) is -1.23. The first-order valence-electron chi connectivity index (χ1n) is 6.13. The molecule has 0 amide bonds. The van der Waals surface area contributed by atoms with Gasteiger partial charge in [-0.05, 0) is 25.6 Å². The zero-order valence-electron chi connectivity index (χ0n) is 12.1. The molecule has 0 aliphatic heterocycles. The van der Waals surface area contributed by atoms with Gasteiger partial charge in [-0.3, -0.25) is 0 Å². The van der Waals surface area contributed by atoms with Crippen molar-refractivity contribution in [1.82, 2.24) is 5.32 Å². The Kier molecular flexibility index (Phi) is 5.84. The van der Waals surface area contributed by atoms with Crippen LogP contribution >= 0.6 is 0 Å². The average molecular weight is 261 g/mol. The van der Waals surface area contributed by atoms with Crippen molar-refractivity contribution < 1.29 is 14.3 Å². The summed E-state index contributed by atoms with van der Waals surface area (Å²) < 4.78 is 5.90. The Morgan fingerprint density at radius 2 is 1.88 bits per heavy atom. The van der Waals surface area contributed by atoms with Crippen LogP contribution in [-0.4, -0.2) is 39.3 Å². The second-order valence-corrected chi connectivity index (χ2v) is 8.31. The lowest BCUT2D eigenvalue weighted by Gasteiger charge is -2.43. The van der Waals surface area contributed by atoms with Gasteiger partial charge >= 0.3 is 5.97 Å². The SMILES string of the molecule is CNC[C@](O[SiH](C)C)(C(=O)O)[C@H](C)C(C)(C)C. The van der Waals surface area contributed by atoms with Crippen LogP contribution in [0, 0.1) is 11.3 Å². The van der Waals surface area contributed by atoms with E-state index in [-0.39, 0.29) is 11.3 Å². The Bertz CT molecular complexity index is 263. The third-order valence-corrected chi connectivity index (χ3v) is 4.14. The fourth-order valence-electron chi connectivity index (χ4n) is 1.99. The van der Waals surface area contributed by atoms with Gasteiger partial charge in [0.05, 0.1) is 0 Å². The highest BCUT2D eigenvalue weighted by atomic mass is 28.3. The molecule has 0 saturated heterocycles. The summed E-state index contributed by atoms with van der Waals surface area (Å²) in [5.74, 6) is -0.940. The lowest BCUT2D eigenvalue weighted by Crippen LogP contribution is -2.58. The molecule has 2 atom stereocenters. The fraction of sp³-hybridized carbons (Fsp3) is 0.917. The maximum atomic E-state index is 11.7. The normalized spacial score (nSPS) is 17.9. The van der Waals surface area contributed by atoms with Gasteiger partial charge in [0.25, 0.3) is 0 Å². The predicted molar refractivity (Wildman–Crippen MR) is 72.9 cm³/mol. The molecule has 0 unspecified atom stereocenters. The Labute approximate surface area is 106 Å². The van der Waals surface area contributed by atoms with Crippen LogP contribution in [0.1, 0.15) is 27.7 Å². The molecule has 0 radical (unpaired) electrons. The molecule has 2 N–H and O–H groups in total. The number of hydrogen-bond donors (Lipinski definition) is 2. The van der Waals surface area contributed by atoms with Crippen molar-refractivity contribution in [1.29, 1.82) is 0 Å². The van der Waals surface area contributed by atoms with Crippen LogP contribution in [0.15, 0.2) is 0 Å². The topological polar surface area (TPSA) is 58.6 Å². The van der Waals surface area contributed by atoms with Gasteiger partial charge in [-0.15, -0.1) is 0 Å². The van der Waals surface area contributed by atoms with E-state index in [4.69, 9.17) is 4.43 Å². The quantitative estimate of drug-likeness (QED) is 0.715. The van der Waals surface area contributed by atoms with E-state index >= 15 is 0 Å². The van der Waals surface area contributed by atoms with Crippen LogP contribution in [0.3, 0.4) is 0 Å². The van der Waals surface area contributed by atoms with Gasteiger partial charge in [0.1, 0.15) is 0 Å². The molecule has 0 aliphatic rings. The highest BCUT2D eigenvalue weighted by Gasteiger charge is 2.49. The molecular weight excluding hydrogens is 234 g/mol. The lowest BCUT2D eigenvalue weighted by atomic mass is 9.71. The summed E-state index contributed by atoms with van der Waals surface area (Å²) in [6, 6.07) is 0. The number of carbonyl (C=O) groups is 1. The Morgan fingerprint density at radius 1 is 1.41 bits per heavy atom. The van der Waals surface area contributed by atoms with Gasteiger partial charge in [0.2, 0.25) is 0 Å². The molecule has 102 valence electrons. The Balaban J connectivity index is 5.38. The number of aliphatic carboxylic acids is 1. The smallest absolute Gasteiger partial charge is 0.336 e. The summed E-state index contributed by atoms with van der Waals surface area (Å²) in [6.07, 6.45) is 0. The van der Waals surface area contributed by atoms with Crippen LogP contribution in [0.5, 0.6) is 0 Å². The average Bonchev–Trinajstić information content (AvgIpc) is 2.13. The summed E-state index contributed by atoms with van der Waals surface area (Å²) in [7, 11) is 0.330. The van der Waals surface area contributed by atoms with Gasteiger partial charge in [0.15, 0.2) is 14.6 Å². The van der Waals surface area contributed by atoms with E-state index in [1.165, 1.54) is 0 Å². The highest BCUT2D eigenvalue weighted by molar-refractivity contribution is 6.48. The zero-order chi connectivity index (χ0) is 13.9. The number of likely N-dealkylation sites (N-methyl/N-ethyl adjacent to an activating group) is 1. The van der Waals surface area contributed by atoms with Crippen LogP contribution < -0.4 is 5.32 Å². The third kappa shape index (κ3) is 4.08. The van der Waals surface area contributed by atoms with Crippen molar-refractivity contribution >= 4 is 15.0 Å². The number of rotatable bonds is 6. The monoisotopic (exact) mass is 261 g/mol. The standard InChI is InChI=1S/C12H27NO3Si/c1-9(11(2,3)4)12(8-13-5,10(14)15)16-17(6)7/h9,13,17H,8H2,1-7H3,(H,14,15)/t9-,12-/m1/s1. The number of carboxylic acids is 1. The molecule has 0 aliphatic carbocycles. The molecule has 0 aromatic rings. The van der Waals surface area contributed by atoms with Crippen LogP contribution in [0.4, 0.5) is 0 Å². The molecule has 0 saturated carbocycles. The first-order chi connectivity index (χ1) is 7.58. The van der Waals surface area contributed by atoms with Crippen LogP contribution in [-0.2, 0) is 9.22 Å². The second kappa shape index (κ2) is 5.98. The van der Waals surface area contributed by atoms with E-state index in [1.807, 2.05) is 20.0 Å². The fourth-order valence-corrected chi connectivity index (χ4v) is 3.22. The summed E-state index contributed by atoms with van der Waals surface area (Å²) in [6.45, 7) is 12.5. The molecule has 17 heavy (non-hydrogen) atoms. The van der Waals surface area contributed by atoms with Crippen molar-refractivity contribution in [3.63, 3.8) is 0 Å². The van der Waals surface area contributed by atoms with Crippen molar-refractivity contribution in [2.45, 2.75) is 46.4 Å². The highest BCUT2D eigenvalue weighted by Crippen LogP contribution is 2.37. The lowest BCUT2D eigenvalue weighted by molar-refractivity contribution is -0.164. The van der Waals surface area contributed by atoms with Gasteiger partial charge in [-0.2, -0.15) is 0 Å². The van der Waals surface area contributed by atoms with Crippen molar-refractivity contribution in [3.8, 4) is 0 Å². The molecule has 0 bridgehead atoms. The molecule has 0 fully saturated rings. The first kappa shape index (κ1) is 16.6. The van der Waals surface area contributed by atoms with Gasteiger partial charge in [0, 0.05) is 12.5 Å². The Morgan fingerprint density at radius 3 is 2.12 bits per heavy atom. The number of nitrogens with one attached hydrogen (secondary N) is 1. The molecule has 0 heterocycles. The summed E-state index contributed by atoms with van der Waals surface area (Å²) >= 11 is 0. The van der Waals surface area contributed by atoms with Crippen molar-refractivity contribution in [2.24, 2.45) is 11.3 Å². The summed E-state index contributed by atoms with van der Waals surface area (Å²) in [4.78, 5) is 11.7. The summed E-state index contributed by atoms with van der Waals surface area (Å²) in [5, 5.41) is 12.6. The van der Waals surface area contributed by atoms with E-state index < -0.39 is 20.6 Å². The van der Waals surface area contributed by atoms with Gasteiger partial charge in [-0.25, -0.2) is 4.79 Å². The molecule has 0 aromatic heterocycles. The molecule has 0 rings (SSSR count). The molecule has 5 heteroatoms. The molecular formula is C12H27NO3Si. The van der Waals surface area contributed by atoms with E-state index in [0.717, 1.165) is 0 Å². The molecule has 0 spiro atoms. The minimum absolute atomic E-state index is 0.0742. The van der Waals surface area contributed by atoms with E-state index in [9.17, 15) is 9.90 Å².